The summed E-state index contributed by atoms with van der Waals surface area (Å²) in [5, 5.41) is 3.28. The van der Waals surface area contributed by atoms with Crippen molar-refractivity contribution in [2.24, 2.45) is 11.3 Å². The van der Waals surface area contributed by atoms with E-state index in [1.54, 1.807) is 0 Å². The summed E-state index contributed by atoms with van der Waals surface area (Å²) in [4.78, 5) is 27.0. The first-order valence-corrected chi connectivity index (χ1v) is 9.47. The average molecular weight is 322 g/mol. The van der Waals surface area contributed by atoms with E-state index in [9.17, 15) is 9.59 Å². The fourth-order valence-corrected chi connectivity index (χ4v) is 3.77. The Balaban J connectivity index is 1.87. The molecule has 0 aromatic rings. The van der Waals surface area contributed by atoms with Gasteiger partial charge in [-0.2, -0.15) is 0 Å². The number of hydrogen-bond acceptors (Lipinski definition) is 2. The van der Waals surface area contributed by atoms with E-state index in [0.717, 1.165) is 32.2 Å². The van der Waals surface area contributed by atoms with Gasteiger partial charge < -0.3 is 10.2 Å². The van der Waals surface area contributed by atoms with E-state index < -0.39 is 0 Å². The second kappa shape index (κ2) is 8.16. The van der Waals surface area contributed by atoms with E-state index in [1.807, 2.05) is 25.7 Å². The molecule has 0 spiro atoms. The van der Waals surface area contributed by atoms with E-state index in [4.69, 9.17) is 0 Å². The summed E-state index contributed by atoms with van der Waals surface area (Å²) in [6.07, 6.45) is 10.5. The molecular weight excluding hydrogens is 288 g/mol. The van der Waals surface area contributed by atoms with Crippen molar-refractivity contribution < 1.29 is 9.59 Å². The first-order chi connectivity index (χ1) is 10.9. The first kappa shape index (κ1) is 18.3. The molecule has 0 radical (unpaired) electrons. The monoisotopic (exact) mass is 322 g/mol. The van der Waals surface area contributed by atoms with Gasteiger partial charge in [-0.15, -0.1) is 0 Å². The molecule has 1 heterocycles. The number of amides is 2. The number of piperidine rings is 1. The summed E-state index contributed by atoms with van der Waals surface area (Å²) in [5.74, 6) is 0.309. The van der Waals surface area contributed by atoms with E-state index in [0.29, 0.717) is 12.6 Å². The van der Waals surface area contributed by atoms with Crippen LogP contribution >= 0.6 is 0 Å². The minimum Gasteiger partial charge on any atom is -0.353 e. The van der Waals surface area contributed by atoms with E-state index >= 15 is 0 Å². The fourth-order valence-electron chi connectivity index (χ4n) is 3.77. The lowest BCUT2D eigenvalue weighted by molar-refractivity contribution is -0.142. The molecule has 1 saturated carbocycles. The highest BCUT2D eigenvalue weighted by Crippen LogP contribution is 2.24. The van der Waals surface area contributed by atoms with Crippen molar-refractivity contribution in [2.75, 3.05) is 13.1 Å². The third-order valence-corrected chi connectivity index (χ3v) is 5.17. The zero-order valence-electron chi connectivity index (χ0n) is 15.2. The van der Waals surface area contributed by atoms with Crippen LogP contribution in [0.2, 0.25) is 0 Å². The lowest BCUT2D eigenvalue weighted by Gasteiger charge is -2.36. The van der Waals surface area contributed by atoms with Crippen molar-refractivity contribution in [3.8, 4) is 0 Å². The van der Waals surface area contributed by atoms with Gasteiger partial charge in [0, 0.05) is 24.5 Å². The van der Waals surface area contributed by atoms with Crippen LogP contribution < -0.4 is 5.32 Å². The van der Waals surface area contributed by atoms with Gasteiger partial charge in [0.15, 0.2) is 0 Å². The minimum absolute atomic E-state index is 0.0273. The molecule has 1 aliphatic carbocycles. The van der Waals surface area contributed by atoms with Gasteiger partial charge in [0.05, 0.1) is 5.92 Å². The number of hydrogen-bond donors (Lipinski definition) is 1. The Bertz CT molecular complexity index is 406. The predicted molar refractivity (Wildman–Crippen MR) is 93.0 cm³/mol. The lowest BCUT2D eigenvalue weighted by atomic mass is 9.90. The topological polar surface area (TPSA) is 49.4 Å². The Kier molecular flexibility index (Phi) is 6.49. The van der Waals surface area contributed by atoms with Gasteiger partial charge in [-0.1, -0.05) is 52.9 Å². The molecular formula is C19H34N2O2. The quantitative estimate of drug-likeness (QED) is 0.846. The number of rotatable bonds is 2. The van der Waals surface area contributed by atoms with Crippen molar-refractivity contribution in [2.45, 2.75) is 84.6 Å². The second-order valence-corrected chi connectivity index (χ2v) is 8.39. The Hall–Kier alpha value is -1.06. The highest BCUT2D eigenvalue weighted by molar-refractivity contribution is 5.84. The summed E-state index contributed by atoms with van der Waals surface area (Å²) in [6.45, 7) is 7.24. The molecule has 2 rings (SSSR count). The van der Waals surface area contributed by atoms with Gasteiger partial charge >= 0.3 is 0 Å². The van der Waals surface area contributed by atoms with Gasteiger partial charge in [-0.3, -0.25) is 9.59 Å². The van der Waals surface area contributed by atoms with Gasteiger partial charge in [0.2, 0.25) is 11.8 Å². The molecule has 1 atom stereocenters. The van der Waals surface area contributed by atoms with E-state index in [2.05, 4.69) is 5.32 Å². The summed E-state index contributed by atoms with van der Waals surface area (Å²) in [7, 11) is 0. The molecule has 1 aliphatic heterocycles. The van der Waals surface area contributed by atoms with E-state index in [-0.39, 0.29) is 23.1 Å². The molecule has 2 aliphatic rings. The van der Waals surface area contributed by atoms with Crippen LogP contribution in [0.15, 0.2) is 0 Å². The van der Waals surface area contributed by atoms with Crippen LogP contribution in [0.3, 0.4) is 0 Å². The van der Waals surface area contributed by atoms with Crippen molar-refractivity contribution in [1.29, 1.82) is 0 Å². The summed E-state index contributed by atoms with van der Waals surface area (Å²) in [6, 6.07) is 0.344. The van der Waals surface area contributed by atoms with Gasteiger partial charge in [0.1, 0.15) is 0 Å². The Morgan fingerprint density at radius 1 is 0.913 bits per heavy atom. The molecule has 0 aromatic heterocycles. The summed E-state index contributed by atoms with van der Waals surface area (Å²) < 4.78 is 0. The molecule has 0 bridgehead atoms. The van der Waals surface area contributed by atoms with Crippen LogP contribution in [0.4, 0.5) is 0 Å². The normalized spacial score (nSPS) is 24.7. The SMILES string of the molecule is CC(C)(C)C(=O)N1CCC[C@H](C(=O)NC2CCCCCCC2)C1. The zero-order chi connectivity index (χ0) is 16.9. The van der Waals surface area contributed by atoms with Crippen molar-refractivity contribution in [1.82, 2.24) is 10.2 Å². The zero-order valence-corrected chi connectivity index (χ0v) is 15.2. The third-order valence-electron chi connectivity index (χ3n) is 5.17. The standard InChI is InChI=1S/C19H34N2O2/c1-19(2,3)18(23)21-13-9-10-15(14-21)17(22)20-16-11-7-5-4-6-8-12-16/h15-16H,4-14H2,1-3H3,(H,20,22)/t15-/m0/s1. The summed E-state index contributed by atoms with van der Waals surface area (Å²) >= 11 is 0. The van der Waals surface area contributed by atoms with Crippen molar-refractivity contribution in [3.05, 3.63) is 0 Å². The minimum atomic E-state index is -0.363. The maximum absolute atomic E-state index is 12.6. The maximum atomic E-state index is 12.6. The van der Waals surface area contributed by atoms with Crippen LogP contribution in [0.1, 0.15) is 78.6 Å². The van der Waals surface area contributed by atoms with Crippen molar-refractivity contribution >= 4 is 11.8 Å². The first-order valence-electron chi connectivity index (χ1n) is 9.47. The molecule has 1 saturated heterocycles. The largest absolute Gasteiger partial charge is 0.353 e. The molecule has 2 fully saturated rings. The molecule has 0 unspecified atom stereocenters. The number of nitrogens with zero attached hydrogens (tertiary/aromatic N) is 1. The fraction of sp³-hybridized carbons (Fsp3) is 0.895. The predicted octanol–water partition coefficient (Wildman–Crippen LogP) is 3.50. The summed E-state index contributed by atoms with van der Waals surface area (Å²) in [5.41, 5.74) is -0.363. The molecule has 2 amide bonds. The highest BCUT2D eigenvalue weighted by Gasteiger charge is 2.33. The molecule has 1 N–H and O–H groups in total. The van der Waals surface area contributed by atoms with E-state index in [1.165, 1.54) is 32.1 Å². The van der Waals surface area contributed by atoms with Crippen LogP contribution in [-0.4, -0.2) is 35.8 Å². The number of nitrogens with one attached hydrogen (secondary N) is 1. The molecule has 23 heavy (non-hydrogen) atoms. The average Bonchev–Trinajstić information content (AvgIpc) is 2.48. The van der Waals surface area contributed by atoms with Gasteiger partial charge in [-0.25, -0.2) is 0 Å². The van der Waals surface area contributed by atoms with Gasteiger partial charge in [0.25, 0.3) is 0 Å². The maximum Gasteiger partial charge on any atom is 0.227 e. The third kappa shape index (κ3) is 5.50. The lowest BCUT2D eigenvalue weighted by Crippen LogP contribution is -2.50. The number of carbonyl (C=O) groups excluding carboxylic acids is 2. The van der Waals surface area contributed by atoms with Crippen LogP contribution in [-0.2, 0) is 9.59 Å². The van der Waals surface area contributed by atoms with Crippen LogP contribution in [0.5, 0.6) is 0 Å². The van der Waals surface area contributed by atoms with Crippen LogP contribution in [0, 0.1) is 11.3 Å². The number of carbonyl (C=O) groups is 2. The Morgan fingerprint density at radius 3 is 2.13 bits per heavy atom. The molecule has 4 nitrogen and oxygen atoms in total. The second-order valence-electron chi connectivity index (χ2n) is 8.39. The number of likely N-dealkylation sites (tertiary alicyclic amines) is 1. The molecule has 0 aromatic carbocycles. The Labute approximate surface area is 141 Å². The Morgan fingerprint density at radius 2 is 1.52 bits per heavy atom. The van der Waals surface area contributed by atoms with Crippen LogP contribution in [0.25, 0.3) is 0 Å². The smallest absolute Gasteiger partial charge is 0.227 e. The highest BCUT2D eigenvalue weighted by atomic mass is 16.2. The van der Waals surface area contributed by atoms with Crippen molar-refractivity contribution in [3.63, 3.8) is 0 Å². The van der Waals surface area contributed by atoms with Gasteiger partial charge in [-0.05, 0) is 25.7 Å². The molecule has 4 heteroatoms. The molecule has 132 valence electrons.